The number of carbonyl (C=O) groups is 1. The fourth-order valence-corrected chi connectivity index (χ4v) is 2.58. The number of carbonyl (C=O) groups excluding carboxylic acids is 1. The van der Waals surface area contributed by atoms with Gasteiger partial charge in [0.15, 0.2) is 0 Å². The standard InChI is InChI=1S/C10H16O2/c11-9-4-2-1-3-7-5-6-8(9)10(7)12/h7-9,11H,1-6H2/t7-,8-,9+/m1/s1. The monoisotopic (exact) mass is 168 g/mol. The normalized spacial score (nSPS) is 42.4. The molecule has 2 fully saturated rings. The molecular formula is C10H16O2. The molecule has 0 heterocycles. The number of hydrogen-bond acceptors (Lipinski definition) is 2. The lowest BCUT2D eigenvalue weighted by Gasteiger charge is -2.20. The Balaban J connectivity index is 2.12. The third-order valence-corrected chi connectivity index (χ3v) is 3.36. The van der Waals surface area contributed by atoms with Crippen molar-refractivity contribution < 1.29 is 9.90 Å². The van der Waals surface area contributed by atoms with Crippen LogP contribution < -0.4 is 0 Å². The molecule has 2 aliphatic rings. The molecule has 0 amide bonds. The first-order valence-corrected chi connectivity index (χ1v) is 5.01. The summed E-state index contributed by atoms with van der Waals surface area (Å²) in [5.41, 5.74) is 0. The molecule has 0 aliphatic heterocycles. The number of aliphatic hydroxyl groups is 1. The van der Waals surface area contributed by atoms with Crippen LogP contribution in [0.25, 0.3) is 0 Å². The number of aliphatic hydroxyl groups excluding tert-OH is 1. The summed E-state index contributed by atoms with van der Waals surface area (Å²) >= 11 is 0. The van der Waals surface area contributed by atoms with Crippen molar-refractivity contribution in [3.8, 4) is 0 Å². The summed E-state index contributed by atoms with van der Waals surface area (Å²) in [6.07, 6.45) is 5.76. The van der Waals surface area contributed by atoms with Crippen LogP contribution in [0.5, 0.6) is 0 Å². The molecule has 0 spiro atoms. The van der Waals surface area contributed by atoms with Crippen molar-refractivity contribution in [1.29, 1.82) is 0 Å². The first-order chi connectivity index (χ1) is 5.79. The molecule has 0 aromatic rings. The first kappa shape index (κ1) is 8.24. The molecular weight excluding hydrogens is 152 g/mol. The van der Waals surface area contributed by atoms with Crippen LogP contribution in [0.3, 0.4) is 0 Å². The van der Waals surface area contributed by atoms with Crippen LogP contribution in [-0.2, 0) is 4.79 Å². The van der Waals surface area contributed by atoms with E-state index >= 15 is 0 Å². The second kappa shape index (κ2) is 3.17. The van der Waals surface area contributed by atoms with Crippen molar-refractivity contribution in [2.75, 3.05) is 0 Å². The molecule has 2 rings (SSSR count). The minimum atomic E-state index is -0.331. The van der Waals surface area contributed by atoms with Gasteiger partial charge in [-0.1, -0.05) is 12.8 Å². The van der Waals surface area contributed by atoms with E-state index in [1.165, 1.54) is 0 Å². The highest BCUT2D eigenvalue weighted by Crippen LogP contribution is 2.36. The van der Waals surface area contributed by atoms with Crippen molar-refractivity contribution in [3.63, 3.8) is 0 Å². The number of hydrogen-bond donors (Lipinski definition) is 1. The molecule has 0 aromatic heterocycles. The smallest absolute Gasteiger partial charge is 0.141 e. The Kier molecular flexibility index (Phi) is 2.18. The molecule has 2 nitrogen and oxygen atoms in total. The fourth-order valence-electron chi connectivity index (χ4n) is 2.58. The van der Waals surface area contributed by atoms with Crippen LogP contribution in [0.1, 0.15) is 38.5 Å². The van der Waals surface area contributed by atoms with E-state index in [2.05, 4.69) is 0 Å². The maximum absolute atomic E-state index is 11.6. The first-order valence-electron chi connectivity index (χ1n) is 5.01. The Morgan fingerprint density at radius 1 is 1.08 bits per heavy atom. The van der Waals surface area contributed by atoms with Gasteiger partial charge in [0.05, 0.1) is 6.10 Å². The maximum atomic E-state index is 11.6. The Morgan fingerprint density at radius 3 is 2.67 bits per heavy atom. The highest BCUT2D eigenvalue weighted by atomic mass is 16.3. The van der Waals surface area contributed by atoms with E-state index in [4.69, 9.17) is 0 Å². The number of ketones is 1. The van der Waals surface area contributed by atoms with Gasteiger partial charge < -0.3 is 5.11 Å². The summed E-state index contributed by atoms with van der Waals surface area (Å²) in [4.78, 5) is 11.6. The lowest BCUT2D eigenvalue weighted by Crippen LogP contribution is -2.28. The molecule has 12 heavy (non-hydrogen) atoms. The van der Waals surface area contributed by atoms with Crippen LogP contribution in [0.4, 0.5) is 0 Å². The van der Waals surface area contributed by atoms with Crippen molar-refractivity contribution >= 4 is 5.78 Å². The molecule has 2 saturated carbocycles. The summed E-state index contributed by atoms with van der Waals surface area (Å²) < 4.78 is 0. The van der Waals surface area contributed by atoms with Gasteiger partial charge in [0, 0.05) is 11.8 Å². The van der Waals surface area contributed by atoms with Crippen LogP contribution in [0, 0.1) is 11.8 Å². The van der Waals surface area contributed by atoms with Crippen molar-refractivity contribution in [2.45, 2.75) is 44.6 Å². The summed E-state index contributed by atoms with van der Waals surface area (Å²) in [7, 11) is 0. The van der Waals surface area contributed by atoms with E-state index in [0.717, 1.165) is 38.5 Å². The van der Waals surface area contributed by atoms with Gasteiger partial charge in [-0.15, -0.1) is 0 Å². The summed E-state index contributed by atoms with van der Waals surface area (Å²) in [6, 6.07) is 0. The van der Waals surface area contributed by atoms with Crippen LogP contribution in [0.15, 0.2) is 0 Å². The van der Waals surface area contributed by atoms with Gasteiger partial charge in [0.2, 0.25) is 0 Å². The van der Waals surface area contributed by atoms with Gasteiger partial charge in [-0.2, -0.15) is 0 Å². The average Bonchev–Trinajstić information content (AvgIpc) is 2.43. The van der Waals surface area contributed by atoms with E-state index < -0.39 is 0 Å². The zero-order valence-corrected chi connectivity index (χ0v) is 7.33. The molecule has 0 saturated heterocycles. The Bertz CT molecular complexity index is 188. The highest BCUT2D eigenvalue weighted by molar-refractivity contribution is 5.85. The van der Waals surface area contributed by atoms with Gasteiger partial charge in [-0.25, -0.2) is 0 Å². The van der Waals surface area contributed by atoms with Crippen molar-refractivity contribution in [1.82, 2.24) is 0 Å². The largest absolute Gasteiger partial charge is 0.392 e. The molecule has 2 heteroatoms. The Morgan fingerprint density at radius 2 is 1.83 bits per heavy atom. The zero-order valence-electron chi connectivity index (χ0n) is 7.33. The summed E-state index contributed by atoms with van der Waals surface area (Å²) in [6.45, 7) is 0. The second-order valence-corrected chi connectivity index (χ2v) is 4.13. The predicted molar refractivity (Wildman–Crippen MR) is 45.7 cm³/mol. The molecule has 68 valence electrons. The summed E-state index contributed by atoms with van der Waals surface area (Å²) in [5, 5.41) is 9.65. The fraction of sp³-hybridized carbons (Fsp3) is 0.900. The SMILES string of the molecule is O=C1[C@@H]2CCCC[C@H](O)[C@H]1CC2. The van der Waals surface area contributed by atoms with E-state index in [9.17, 15) is 9.90 Å². The summed E-state index contributed by atoms with van der Waals surface area (Å²) in [5.74, 6) is 0.641. The minimum Gasteiger partial charge on any atom is -0.392 e. The van der Waals surface area contributed by atoms with E-state index in [-0.39, 0.29) is 12.0 Å². The topological polar surface area (TPSA) is 37.3 Å². The molecule has 2 aliphatic carbocycles. The van der Waals surface area contributed by atoms with Gasteiger partial charge in [0.25, 0.3) is 0 Å². The Hall–Kier alpha value is -0.370. The highest BCUT2D eigenvalue weighted by Gasteiger charge is 2.38. The van der Waals surface area contributed by atoms with Gasteiger partial charge in [-0.3, -0.25) is 4.79 Å². The van der Waals surface area contributed by atoms with E-state index in [0.29, 0.717) is 11.7 Å². The van der Waals surface area contributed by atoms with Gasteiger partial charge >= 0.3 is 0 Å². The molecule has 0 unspecified atom stereocenters. The molecule has 0 radical (unpaired) electrons. The second-order valence-electron chi connectivity index (χ2n) is 4.13. The van der Waals surface area contributed by atoms with Gasteiger partial charge in [-0.05, 0) is 25.7 Å². The average molecular weight is 168 g/mol. The van der Waals surface area contributed by atoms with Crippen LogP contribution in [-0.4, -0.2) is 17.0 Å². The number of rotatable bonds is 0. The third kappa shape index (κ3) is 1.28. The van der Waals surface area contributed by atoms with Gasteiger partial charge in [0.1, 0.15) is 5.78 Å². The molecule has 0 aromatic carbocycles. The lowest BCUT2D eigenvalue weighted by molar-refractivity contribution is -0.127. The lowest BCUT2D eigenvalue weighted by atomic mass is 9.88. The molecule has 2 bridgehead atoms. The van der Waals surface area contributed by atoms with E-state index in [1.54, 1.807) is 0 Å². The minimum absolute atomic E-state index is 0.00435. The third-order valence-electron chi connectivity index (χ3n) is 3.36. The predicted octanol–water partition coefficient (Wildman–Crippen LogP) is 1.52. The van der Waals surface area contributed by atoms with Crippen LogP contribution in [0.2, 0.25) is 0 Å². The maximum Gasteiger partial charge on any atom is 0.141 e. The van der Waals surface area contributed by atoms with E-state index in [1.807, 2.05) is 0 Å². The number of Topliss-reactive ketones (excluding diaryl/α,β-unsaturated/α-hetero) is 1. The van der Waals surface area contributed by atoms with Crippen molar-refractivity contribution in [3.05, 3.63) is 0 Å². The van der Waals surface area contributed by atoms with Crippen molar-refractivity contribution in [2.24, 2.45) is 11.8 Å². The Labute approximate surface area is 73.0 Å². The quantitative estimate of drug-likeness (QED) is 0.595. The van der Waals surface area contributed by atoms with Crippen LogP contribution >= 0.6 is 0 Å². The number of fused-ring (bicyclic) bond motifs is 2. The zero-order chi connectivity index (χ0) is 8.55. The molecule has 1 N–H and O–H groups in total. The molecule has 3 atom stereocenters.